The van der Waals surface area contributed by atoms with Crippen LogP contribution in [0, 0.1) is 5.92 Å². The summed E-state index contributed by atoms with van der Waals surface area (Å²) in [5.41, 5.74) is 13.8. The second-order valence-corrected chi connectivity index (χ2v) is 6.98. The number of carbonyl (C=O) groups is 2. The first-order chi connectivity index (χ1) is 12.9. The quantitative estimate of drug-likeness (QED) is 0.713. The molecular formula is C22H29N3O2. The van der Waals surface area contributed by atoms with Gasteiger partial charge in [0.1, 0.15) is 6.04 Å². The van der Waals surface area contributed by atoms with Crippen molar-refractivity contribution in [3.05, 3.63) is 71.8 Å². The van der Waals surface area contributed by atoms with E-state index in [4.69, 9.17) is 11.5 Å². The predicted molar refractivity (Wildman–Crippen MR) is 108 cm³/mol. The van der Waals surface area contributed by atoms with Crippen molar-refractivity contribution in [1.29, 1.82) is 0 Å². The summed E-state index contributed by atoms with van der Waals surface area (Å²) in [5, 5.41) is 0. The molecule has 5 nitrogen and oxygen atoms in total. The summed E-state index contributed by atoms with van der Waals surface area (Å²) in [6.07, 6.45) is 1.15. The molecule has 4 N–H and O–H groups in total. The molecule has 2 aromatic carbocycles. The molecule has 144 valence electrons. The molecule has 0 bridgehead atoms. The van der Waals surface area contributed by atoms with Gasteiger partial charge >= 0.3 is 0 Å². The first-order valence-electron chi connectivity index (χ1n) is 9.37. The summed E-state index contributed by atoms with van der Waals surface area (Å²) in [4.78, 5) is 27.0. The second kappa shape index (κ2) is 9.88. The van der Waals surface area contributed by atoms with Crippen LogP contribution in [-0.4, -0.2) is 28.8 Å². The summed E-state index contributed by atoms with van der Waals surface area (Å²) in [7, 11) is 0. The third-order valence-electron chi connectivity index (χ3n) is 4.90. The van der Waals surface area contributed by atoms with Gasteiger partial charge in [0.15, 0.2) is 0 Å². The maximum absolute atomic E-state index is 13.2. The third-order valence-corrected chi connectivity index (χ3v) is 4.90. The number of rotatable bonds is 9. The molecule has 0 saturated carbocycles. The van der Waals surface area contributed by atoms with E-state index >= 15 is 0 Å². The highest BCUT2D eigenvalue weighted by Crippen LogP contribution is 2.19. The van der Waals surface area contributed by atoms with Gasteiger partial charge in [0, 0.05) is 6.54 Å². The molecule has 0 heterocycles. The van der Waals surface area contributed by atoms with Crippen LogP contribution in [0.2, 0.25) is 0 Å². The van der Waals surface area contributed by atoms with E-state index in [1.165, 1.54) is 0 Å². The van der Waals surface area contributed by atoms with E-state index in [0.717, 1.165) is 17.5 Å². The lowest BCUT2D eigenvalue weighted by Crippen LogP contribution is -2.55. The molecule has 0 aliphatic heterocycles. The van der Waals surface area contributed by atoms with E-state index in [1.54, 1.807) is 4.90 Å². The highest BCUT2D eigenvalue weighted by atomic mass is 16.2. The number of carbonyl (C=O) groups excluding carboxylic acids is 2. The first-order valence-corrected chi connectivity index (χ1v) is 9.37. The Morgan fingerprint density at radius 2 is 1.48 bits per heavy atom. The number of primary amides is 1. The van der Waals surface area contributed by atoms with Crippen LogP contribution in [0.15, 0.2) is 60.7 Å². The fraction of sp³-hybridized carbons (Fsp3) is 0.364. The molecule has 2 aromatic rings. The standard InChI is InChI=1S/C22H29N3O2/c1-3-16(2)20(21(24)26)25(15-18-12-8-5-9-13-18)22(27)19(23)14-17-10-6-4-7-11-17/h4-13,16,19-20H,3,14-15,23H2,1-2H3,(H2,24,26)/t16-,19-,20-/m0/s1. The van der Waals surface area contributed by atoms with E-state index in [9.17, 15) is 9.59 Å². The summed E-state index contributed by atoms with van der Waals surface area (Å²) in [6.45, 7) is 4.22. The molecule has 3 atom stereocenters. The minimum Gasteiger partial charge on any atom is -0.368 e. The lowest BCUT2D eigenvalue weighted by molar-refractivity contribution is -0.143. The number of nitrogens with two attached hydrogens (primary N) is 2. The molecule has 27 heavy (non-hydrogen) atoms. The van der Waals surface area contributed by atoms with Gasteiger partial charge in [0.05, 0.1) is 6.04 Å². The molecule has 0 fully saturated rings. The average Bonchev–Trinajstić information content (AvgIpc) is 2.68. The van der Waals surface area contributed by atoms with Gasteiger partial charge in [0.2, 0.25) is 11.8 Å². The van der Waals surface area contributed by atoms with E-state index in [0.29, 0.717) is 13.0 Å². The topological polar surface area (TPSA) is 89.4 Å². The Labute approximate surface area is 161 Å². The van der Waals surface area contributed by atoms with Gasteiger partial charge in [-0.1, -0.05) is 80.9 Å². The normalized spacial score (nSPS) is 14.2. The van der Waals surface area contributed by atoms with Crippen molar-refractivity contribution in [3.63, 3.8) is 0 Å². The fourth-order valence-corrected chi connectivity index (χ4v) is 3.23. The molecule has 0 unspecified atom stereocenters. The zero-order valence-electron chi connectivity index (χ0n) is 16.0. The Balaban J connectivity index is 2.28. The van der Waals surface area contributed by atoms with E-state index < -0.39 is 18.0 Å². The zero-order valence-corrected chi connectivity index (χ0v) is 16.0. The van der Waals surface area contributed by atoms with Crippen molar-refractivity contribution in [2.45, 2.75) is 45.3 Å². The lowest BCUT2D eigenvalue weighted by Gasteiger charge is -2.35. The Kier molecular flexibility index (Phi) is 7.55. The fourth-order valence-electron chi connectivity index (χ4n) is 3.23. The lowest BCUT2D eigenvalue weighted by atomic mass is 9.95. The van der Waals surface area contributed by atoms with Crippen LogP contribution in [0.25, 0.3) is 0 Å². The summed E-state index contributed by atoms with van der Waals surface area (Å²) < 4.78 is 0. The maximum atomic E-state index is 13.2. The van der Waals surface area contributed by atoms with Gasteiger partial charge in [-0.2, -0.15) is 0 Å². The van der Waals surface area contributed by atoms with Crippen LogP contribution >= 0.6 is 0 Å². The largest absolute Gasteiger partial charge is 0.368 e. The highest BCUT2D eigenvalue weighted by molar-refractivity contribution is 5.89. The van der Waals surface area contributed by atoms with Gasteiger partial charge in [-0.3, -0.25) is 9.59 Å². The second-order valence-electron chi connectivity index (χ2n) is 6.98. The molecule has 2 rings (SSSR count). The summed E-state index contributed by atoms with van der Waals surface area (Å²) in [6, 6.07) is 17.8. The van der Waals surface area contributed by atoms with Gasteiger partial charge < -0.3 is 16.4 Å². The molecule has 0 aliphatic carbocycles. The van der Waals surface area contributed by atoms with Gasteiger partial charge in [-0.15, -0.1) is 0 Å². The molecule has 0 saturated heterocycles. The molecule has 0 aliphatic rings. The predicted octanol–water partition coefficient (Wildman–Crippen LogP) is 2.49. The van der Waals surface area contributed by atoms with Crippen LogP contribution in [0.1, 0.15) is 31.4 Å². The minimum absolute atomic E-state index is 0.0564. The van der Waals surface area contributed by atoms with Crippen molar-refractivity contribution in [3.8, 4) is 0 Å². The van der Waals surface area contributed by atoms with Crippen LogP contribution < -0.4 is 11.5 Å². The van der Waals surface area contributed by atoms with E-state index in [1.807, 2.05) is 74.5 Å². The Morgan fingerprint density at radius 3 is 1.96 bits per heavy atom. The Hall–Kier alpha value is -2.66. The average molecular weight is 367 g/mol. The molecule has 0 aromatic heterocycles. The minimum atomic E-state index is -0.734. The van der Waals surface area contributed by atoms with Crippen LogP contribution in [0.3, 0.4) is 0 Å². The third kappa shape index (κ3) is 5.66. The van der Waals surface area contributed by atoms with Gasteiger partial charge in [-0.05, 0) is 23.5 Å². The number of amides is 2. The first kappa shape index (κ1) is 20.6. The van der Waals surface area contributed by atoms with Crippen molar-refractivity contribution in [2.24, 2.45) is 17.4 Å². The molecule has 2 amide bonds. The van der Waals surface area contributed by atoms with E-state index in [2.05, 4.69) is 0 Å². The molecular weight excluding hydrogens is 338 g/mol. The summed E-state index contributed by atoms with van der Waals surface area (Å²) in [5.74, 6) is -0.813. The van der Waals surface area contributed by atoms with Crippen molar-refractivity contribution >= 4 is 11.8 Å². The number of hydrogen-bond acceptors (Lipinski definition) is 3. The van der Waals surface area contributed by atoms with Gasteiger partial charge in [-0.25, -0.2) is 0 Å². The van der Waals surface area contributed by atoms with E-state index in [-0.39, 0.29) is 11.8 Å². The van der Waals surface area contributed by atoms with Crippen molar-refractivity contribution in [2.75, 3.05) is 0 Å². The van der Waals surface area contributed by atoms with Gasteiger partial charge in [0.25, 0.3) is 0 Å². The number of nitrogens with zero attached hydrogens (tertiary/aromatic N) is 1. The SMILES string of the molecule is CC[C@H](C)[C@@H](C(N)=O)N(Cc1ccccc1)C(=O)[C@@H](N)Cc1ccccc1. The monoisotopic (exact) mass is 367 g/mol. The van der Waals surface area contributed by atoms with Crippen LogP contribution in [0.4, 0.5) is 0 Å². The van der Waals surface area contributed by atoms with Crippen molar-refractivity contribution in [1.82, 2.24) is 4.90 Å². The zero-order chi connectivity index (χ0) is 19.8. The Morgan fingerprint density at radius 1 is 0.963 bits per heavy atom. The number of hydrogen-bond donors (Lipinski definition) is 2. The maximum Gasteiger partial charge on any atom is 0.240 e. The summed E-state index contributed by atoms with van der Waals surface area (Å²) >= 11 is 0. The Bertz CT molecular complexity index is 734. The highest BCUT2D eigenvalue weighted by Gasteiger charge is 2.34. The smallest absolute Gasteiger partial charge is 0.240 e. The van der Waals surface area contributed by atoms with Crippen LogP contribution in [0.5, 0.6) is 0 Å². The molecule has 0 radical (unpaired) electrons. The molecule has 0 spiro atoms. The molecule has 5 heteroatoms. The van der Waals surface area contributed by atoms with Crippen LogP contribution in [-0.2, 0) is 22.6 Å². The van der Waals surface area contributed by atoms with Crippen molar-refractivity contribution < 1.29 is 9.59 Å². The number of benzene rings is 2.